The van der Waals surface area contributed by atoms with E-state index in [1.807, 2.05) is 0 Å². The van der Waals surface area contributed by atoms with Crippen LogP contribution in [0.5, 0.6) is 5.75 Å². The molecule has 45 heavy (non-hydrogen) atoms. The van der Waals surface area contributed by atoms with Crippen LogP contribution in [0.3, 0.4) is 0 Å². The molecule has 1 aliphatic heterocycles. The summed E-state index contributed by atoms with van der Waals surface area (Å²) in [6.45, 7) is -1.15. The fraction of sp³-hybridized carbons (Fsp3) is 0.333. The van der Waals surface area contributed by atoms with Gasteiger partial charge < -0.3 is 30.5 Å². The first-order chi connectivity index (χ1) is 20.9. The van der Waals surface area contributed by atoms with Crippen LogP contribution in [-0.4, -0.2) is 93.0 Å². The van der Waals surface area contributed by atoms with Crippen LogP contribution in [0.2, 0.25) is 0 Å². The van der Waals surface area contributed by atoms with Crippen molar-refractivity contribution in [2.24, 2.45) is 5.73 Å². The van der Waals surface area contributed by atoms with Crippen LogP contribution >= 0.6 is 0 Å². The number of carboxylic acids is 1. The van der Waals surface area contributed by atoms with E-state index in [9.17, 15) is 49.5 Å². The van der Waals surface area contributed by atoms with Gasteiger partial charge in [-0.3, -0.25) is 24.0 Å². The molecule has 1 fully saturated rings. The Bertz CT molecular complexity index is 1600. The summed E-state index contributed by atoms with van der Waals surface area (Å²) in [5.41, 5.74) is 4.77. The fourth-order valence-electron chi connectivity index (χ4n) is 4.16. The minimum atomic E-state index is -5.19. The maximum absolute atomic E-state index is 14.8. The first-order valence-electron chi connectivity index (χ1n) is 12.1. The number of amides is 3. The summed E-state index contributed by atoms with van der Waals surface area (Å²) in [5, 5.41) is 13.5. The number of carboxylic acid groups (broad SMARTS) is 1. The Hall–Kier alpha value is -5.08. The average molecular weight is 656 g/mol. The number of methoxy groups -OCH3 is 1. The second-order valence-electron chi connectivity index (χ2n) is 8.93. The van der Waals surface area contributed by atoms with Gasteiger partial charge in [0.15, 0.2) is 17.3 Å². The number of carbonyl (C=O) groups is 4. The molecule has 0 radical (unpaired) electrons. The Morgan fingerprint density at radius 3 is 2.33 bits per heavy atom. The Morgan fingerprint density at radius 2 is 1.78 bits per heavy atom. The number of carbonyl (C=O) groups excluding carboxylic acids is 3. The molecule has 3 aromatic rings. The Kier molecular flexibility index (Phi) is 10.2. The van der Waals surface area contributed by atoms with E-state index < -0.39 is 84.9 Å². The van der Waals surface area contributed by atoms with Crippen LogP contribution in [0.25, 0.3) is 10.9 Å². The predicted octanol–water partition coefficient (Wildman–Crippen LogP) is 2.40. The van der Waals surface area contributed by atoms with Gasteiger partial charge >= 0.3 is 18.5 Å². The van der Waals surface area contributed by atoms with Crippen molar-refractivity contribution >= 4 is 40.3 Å². The number of fused-ring (bicyclic) bond motifs is 1. The number of primary amides is 1. The molecule has 0 aliphatic carbocycles. The van der Waals surface area contributed by atoms with Crippen LogP contribution in [0, 0.1) is 5.82 Å². The van der Waals surface area contributed by atoms with Gasteiger partial charge in [0.1, 0.15) is 24.9 Å². The van der Waals surface area contributed by atoms with Crippen molar-refractivity contribution in [2.45, 2.75) is 37.4 Å². The van der Waals surface area contributed by atoms with Crippen LogP contribution in [-0.2, 0) is 25.7 Å². The maximum atomic E-state index is 14.8. The number of aromatic nitrogens is 3. The van der Waals surface area contributed by atoms with Crippen LogP contribution in [0.1, 0.15) is 10.5 Å². The van der Waals surface area contributed by atoms with E-state index in [1.165, 1.54) is 18.5 Å². The lowest BCUT2D eigenvalue weighted by Crippen LogP contribution is -2.49. The highest BCUT2D eigenvalue weighted by atomic mass is 19.4. The molecule has 0 unspecified atom stereocenters. The van der Waals surface area contributed by atoms with Crippen LogP contribution in [0.4, 0.5) is 40.8 Å². The van der Waals surface area contributed by atoms with E-state index in [-0.39, 0.29) is 11.2 Å². The van der Waals surface area contributed by atoms with Crippen molar-refractivity contribution in [3.05, 3.63) is 48.2 Å². The summed E-state index contributed by atoms with van der Waals surface area (Å²) >= 11 is 0. The zero-order chi connectivity index (χ0) is 33.9. The van der Waals surface area contributed by atoms with E-state index in [2.05, 4.69) is 20.1 Å². The molecule has 1 aromatic carbocycles. The van der Waals surface area contributed by atoms with Gasteiger partial charge in [-0.25, -0.2) is 13.6 Å². The molecular formula is C24H20F8N6O7. The molecule has 3 heterocycles. The van der Waals surface area contributed by atoms with Crippen molar-refractivity contribution in [2.75, 3.05) is 19.0 Å². The minimum absolute atomic E-state index is 0.138. The van der Waals surface area contributed by atoms with Gasteiger partial charge in [-0.2, -0.15) is 18.3 Å². The van der Waals surface area contributed by atoms with E-state index in [4.69, 9.17) is 20.4 Å². The van der Waals surface area contributed by atoms with Gasteiger partial charge in [0.2, 0.25) is 11.8 Å². The lowest BCUT2D eigenvalue weighted by Gasteiger charge is -2.26. The number of aliphatic carboxylic acids is 1. The number of ether oxygens (including phenoxy) is 2. The third kappa shape index (κ3) is 8.10. The van der Waals surface area contributed by atoms with Crippen molar-refractivity contribution in [3.8, 4) is 5.75 Å². The predicted molar refractivity (Wildman–Crippen MR) is 133 cm³/mol. The zero-order valence-corrected chi connectivity index (χ0v) is 22.4. The van der Waals surface area contributed by atoms with Gasteiger partial charge in [-0.05, 0) is 18.2 Å². The highest BCUT2D eigenvalue weighted by Crippen LogP contribution is 2.31. The largest absolute Gasteiger partial charge is 0.573 e. The molecule has 0 saturated carbocycles. The maximum Gasteiger partial charge on any atom is 0.573 e. The molecule has 4 N–H and O–H groups in total. The number of nitrogens with two attached hydrogens (primary N) is 1. The van der Waals surface area contributed by atoms with Crippen molar-refractivity contribution in [3.63, 3.8) is 0 Å². The number of benzene rings is 1. The molecular weight excluding hydrogens is 636 g/mol. The standard InChI is InChI=1S/C22H19F5N6O5.C2HF3O2/c1-37-19-11(23)8-32(15(34)9-33-13-7-29-6-5-10(13)17(31-33)20(28)35)18(19)21(36)30-12-3-2-4-14(16(12)24)38-22(25,26)27;3-2(4,5)1(6)7/h2-7,11,18-19H,8-9H2,1H3,(H2,28,35)(H,30,36);(H,6,7)/t11-,18-,19+;/m0./s1. The second kappa shape index (κ2) is 13.3. The molecule has 0 bridgehead atoms. The topological polar surface area (TPSA) is 179 Å². The Labute approximate surface area is 245 Å². The number of nitrogens with zero attached hydrogens (tertiary/aromatic N) is 4. The lowest BCUT2D eigenvalue weighted by molar-refractivity contribution is -0.275. The number of hydrogen-bond donors (Lipinski definition) is 3. The van der Waals surface area contributed by atoms with Gasteiger partial charge in [0.05, 0.1) is 23.9 Å². The number of alkyl halides is 7. The smallest absolute Gasteiger partial charge is 0.475 e. The van der Waals surface area contributed by atoms with E-state index in [0.717, 1.165) is 28.8 Å². The normalized spacial score (nSPS) is 18.2. The monoisotopic (exact) mass is 656 g/mol. The van der Waals surface area contributed by atoms with E-state index in [1.54, 1.807) is 0 Å². The quantitative estimate of drug-likeness (QED) is 0.322. The number of rotatable bonds is 7. The average Bonchev–Trinajstić information content (AvgIpc) is 3.47. The van der Waals surface area contributed by atoms with Gasteiger partial charge in [0, 0.05) is 18.7 Å². The molecule has 1 saturated heterocycles. The summed E-state index contributed by atoms with van der Waals surface area (Å²) in [7, 11) is 1.09. The van der Waals surface area contributed by atoms with E-state index >= 15 is 0 Å². The number of halogens is 8. The minimum Gasteiger partial charge on any atom is -0.475 e. The van der Waals surface area contributed by atoms with Crippen molar-refractivity contribution in [1.82, 2.24) is 19.7 Å². The van der Waals surface area contributed by atoms with Crippen molar-refractivity contribution in [1.29, 1.82) is 0 Å². The molecule has 244 valence electrons. The van der Waals surface area contributed by atoms with Gasteiger partial charge in [-0.15, -0.1) is 13.2 Å². The number of hydrogen-bond acceptors (Lipinski definition) is 8. The van der Waals surface area contributed by atoms with Crippen LogP contribution in [0.15, 0.2) is 36.7 Å². The summed E-state index contributed by atoms with van der Waals surface area (Å²) in [6.07, 6.45) is -10.9. The molecule has 2 aromatic heterocycles. The Balaban J connectivity index is 0.000000707. The first kappa shape index (κ1) is 34.4. The fourth-order valence-corrected chi connectivity index (χ4v) is 4.16. The summed E-state index contributed by atoms with van der Waals surface area (Å²) in [5.74, 6) is -8.31. The molecule has 3 amide bonds. The zero-order valence-electron chi connectivity index (χ0n) is 22.4. The summed E-state index contributed by atoms with van der Waals surface area (Å²) < 4.78 is 108. The number of nitrogens with one attached hydrogen (secondary N) is 1. The summed E-state index contributed by atoms with van der Waals surface area (Å²) in [6, 6.07) is 2.48. The molecule has 13 nitrogen and oxygen atoms in total. The SMILES string of the molecule is CO[C@H]1[C@@H](C(=O)Nc2cccc(OC(F)(F)F)c2F)N(C(=O)Cn2nc(C(N)=O)c3ccncc32)C[C@@H]1F.O=C(O)C(F)(F)F. The summed E-state index contributed by atoms with van der Waals surface area (Å²) in [4.78, 5) is 51.7. The Morgan fingerprint density at radius 1 is 1.13 bits per heavy atom. The molecule has 3 atom stereocenters. The molecule has 21 heteroatoms. The first-order valence-corrected chi connectivity index (χ1v) is 12.1. The number of pyridine rings is 1. The van der Waals surface area contributed by atoms with Crippen LogP contribution < -0.4 is 15.8 Å². The van der Waals surface area contributed by atoms with Crippen molar-refractivity contribution < 1.29 is 68.9 Å². The lowest BCUT2D eigenvalue weighted by atomic mass is 10.1. The third-order valence-corrected chi connectivity index (χ3v) is 6.00. The molecule has 0 spiro atoms. The second-order valence-corrected chi connectivity index (χ2v) is 8.93. The third-order valence-electron chi connectivity index (χ3n) is 6.00. The highest BCUT2D eigenvalue weighted by molar-refractivity contribution is 6.04. The van der Waals surface area contributed by atoms with Gasteiger partial charge in [-0.1, -0.05) is 6.07 Å². The van der Waals surface area contributed by atoms with E-state index in [0.29, 0.717) is 11.5 Å². The molecule has 4 rings (SSSR count). The highest BCUT2D eigenvalue weighted by Gasteiger charge is 2.49. The number of anilines is 1. The number of likely N-dealkylation sites (tertiary alicyclic amines) is 1. The van der Waals surface area contributed by atoms with Gasteiger partial charge in [0.25, 0.3) is 5.91 Å². The molecule has 1 aliphatic rings.